The predicted molar refractivity (Wildman–Crippen MR) is 119 cm³/mol. The van der Waals surface area contributed by atoms with Crippen molar-refractivity contribution in [1.82, 2.24) is 23.1 Å². The van der Waals surface area contributed by atoms with Crippen molar-refractivity contribution in [2.75, 3.05) is 6.61 Å². The average molecular weight is 419 g/mol. The summed E-state index contributed by atoms with van der Waals surface area (Å²) in [6.45, 7) is 3.67. The van der Waals surface area contributed by atoms with Crippen LogP contribution in [-0.2, 0) is 24.9 Å². The smallest absolute Gasteiger partial charge is 0.332 e. The SMILES string of the molecule is Cc1cn2c3c(=O)n(C/C=C/c4ccccc4)c(=O)n(C)c3nc2n1C[C@@H]1CCCO1. The van der Waals surface area contributed by atoms with Crippen molar-refractivity contribution in [3.63, 3.8) is 0 Å². The van der Waals surface area contributed by atoms with Crippen LogP contribution in [0.15, 0.2) is 52.2 Å². The van der Waals surface area contributed by atoms with Gasteiger partial charge in [-0.2, -0.15) is 4.98 Å². The minimum absolute atomic E-state index is 0.151. The molecule has 5 rings (SSSR count). The van der Waals surface area contributed by atoms with Gasteiger partial charge in [0.1, 0.15) is 0 Å². The van der Waals surface area contributed by atoms with Gasteiger partial charge in [0.2, 0.25) is 5.78 Å². The summed E-state index contributed by atoms with van der Waals surface area (Å²) in [5.41, 5.74) is 2.12. The van der Waals surface area contributed by atoms with Gasteiger partial charge in [-0.25, -0.2) is 4.79 Å². The summed E-state index contributed by atoms with van der Waals surface area (Å²) >= 11 is 0. The summed E-state index contributed by atoms with van der Waals surface area (Å²) < 4.78 is 12.4. The van der Waals surface area contributed by atoms with Crippen molar-refractivity contribution in [1.29, 1.82) is 0 Å². The molecule has 0 saturated carbocycles. The molecule has 0 bridgehead atoms. The third-order valence-electron chi connectivity index (χ3n) is 5.95. The van der Waals surface area contributed by atoms with Gasteiger partial charge in [0.25, 0.3) is 5.56 Å². The maximum absolute atomic E-state index is 13.3. The molecular weight excluding hydrogens is 394 g/mol. The first-order valence-electron chi connectivity index (χ1n) is 10.6. The summed E-state index contributed by atoms with van der Waals surface area (Å²) in [5.74, 6) is 0.660. The number of allylic oxidation sites excluding steroid dienone is 1. The summed E-state index contributed by atoms with van der Waals surface area (Å²) in [6, 6.07) is 9.79. The predicted octanol–water partition coefficient (Wildman–Crippen LogP) is 2.35. The van der Waals surface area contributed by atoms with Gasteiger partial charge in [-0.3, -0.25) is 18.3 Å². The lowest BCUT2D eigenvalue weighted by molar-refractivity contribution is 0.0974. The van der Waals surface area contributed by atoms with Crippen molar-refractivity contribution in [2.45, 2.75) is 39.0 Å². The van der Waals surface area contributed by atoms with Gasteiger partial charge >= 0.3 is 5.69 Å². The van der Waals surface area contributed by atoms with Crippen LogP contribution in [0, 0.1) is 6.92 Å². The molecule has 4 aromatic rings. The van der Waals surface area contributed by atoms with E-state index in [0.29, 0.717) is 23.5 Å². The molecule has 0 unspecified atom stereocenters. The molecule has 1 aliphatic heterocycles. The number of fused-ring (bicyclic) bond motifs is 3. The maximum atomic E-state index is 13.3. The molecule has 1 aliphatic rings. The Bertz CT molecular complexity index is 1400. The highest BCUT2D eigenvalue weighted by Gasteiger charge is 2.22. The lowest BCUT2D eigenvalue weighted by atomic mass is 10.2. The highest BCUT2D eigenvalue weighted by molar-refractivity contribution is 5.75. The number of hydrogen-bond acceptors (Lipinski definition) is 4. The first-order chi connectivity index (χ1) is 15.0. The molecule has 4 heterocycles. The van der Waals surface area contributed by atoms with Crippen LogP contribution >= 0.6 is 0 Å². The Hall–Kier alpha value is -3.39. The van der Waals surface area contributed by atoms with Crippen LogP contribution in [0.3, 0.4) is 0 Å². The van der Waals surface area contributed by atoms with Gasteiger partial charge in [0.15, 0.2) is 11.2 Å². The summed E-state index contributed by atoms with van der Waals surface area (Å²) in [5, 5.41) is 0. The molecule has 0 radical (unpaired) electrons. The topological polar surface area (TPSA) is 75.5 Å². The van der Waals surface area contributed by atoms with Crippen molar-refractivity contribution < 1.29 is 4.74 Å². The lowest BCUT2D eigenvalue weighted by Gasteiger charge is -2.11. The third-order valence-corrected chi connectivity index (χ3v) is 5.95. The molecule has 8 nitrogen and oxygen atoms in total. The van der Waals surface area contributed by atoms with Crippen molar-refractivity contribution in [3.05, 3.63) is 74.7 Å². The van der Waals surface area contributed by atoms with Crippen LogP contribution in [-0.4, -0.2) is 35.8 Å². The van der Waals surface area contributed by atoms with Gasteiger partial charge in [-0.15, -0.1) is 0 Å². The molecule has 0 N–H and O–H groups in total. The second-order valence-electron chi connectivity index (χ2n) is 8.04. The Labute approximate surface area is 178 Å². The zero-order valence-corrected chi connectivity index (χ0v) is 17.7. The number of ether oxygens (including phenoxy) is 1. The molecule has 1 fully saturated rings. The molecule has 0 amide bonds. The Morgan fingerprint density at radius 1 is 1.19 bits per heavy atom. The summed E-state index contributed by atoms with van der Waals surface area (Å²) in [6.07, 6.45) is 7.88. The normalized spacial score (nSPS) is 16.9. The molecule has 0 spiro atoms. The zero-order chi connectivity index (χ0) is 21.5. The van der Waals surface area contributed by atoms with E-state index in [9.17, 15) is 9.59 Å². The van der Waals surface area contributed by atoms with Crippen LogP contribution in [0.2, 0.25) is 0 Å². The highest BCUT2D eigenvalue weighted by atomic mass is 16.5. The molecular formula is C23H25N5O3. The molecule has 1 aromatic carbocycles. The number of rotatable bonds is 5. The van der Waals surface area contributed by atoms with E-state index < -0.39 is 0 Å². The molecule has 8 heteroatoms. The second kappa shape index (κ2) is 7.70. The van der Waals surface area contributed by atoms with E-state index in [4.69, 9.17) is 4.74 Å². The number of aromatic nitrogens is 5. The Kier molecular flexibility index (Phi) is 4.86. The second-order valence-corrected chi connectivity index (χ2v) is 8.04. The largest absolute Gasteiger partial charge is 0.376 e. The molecule has 3 aromatic heterocycles. The first kappa shape index (κ1) is 19.6. The average Bonchev–Trinajstić information content (AvgIpc) is 3.48. The Morgan fingerprint density at radius 2 is 2.00 bits per heavy atom. The molecule has 1 saturated heterocycles. The maximum Gasteiger partial charge on any atom is 0.332 e. The first-order valence-corrected chi connectivity index (χ1v) is 10.6. The van der Waals surface area contributed by atoms with Crippen molar-refractivity contribution >= 4 is 23.0 Å². The zero-order valence-electron chi connectivity index (χ0n) is 17.7. The van der Waals surface area contributed by atoms with E-state index in [1.165, 1.54) is 9.13 Å². The highest BCUT2D eigenvalue weighted by Crippen LogP contribution is 2.20. The van der Waals surface area contributed by atoms with Crippen LogP contribution in [0.1, 0.15) is 24.1 Å². The van der Waals surface area contributed by atoms with Gasteiger partial charge < -0.3 is 9.30 Å². The Morgan fingerprint density at radius 3 is 2.74 bits per heavy atom. The molecule has 31 heavy (non-hydrogen) atoms. The van der Waals surface area contributed by atoms with Crippen LogP contribution in [0.5, 0.6) is 0 Å². The van der Waals surface area contributed by atoms with Gasteiger partial charge in [-0.05, 0) is 25.3 Å². The minimum atomic E-state index is -0.377. The number of imidazole rings is 2. The van der Waals surface area contributed by atoms with E-state index >= 15 is 0 Å². The number of benzene rings is 1. The monoisotopic (exact) mass is 419 g/mol. The quantitative estimate of drug-likeness (QED) is 0.498. The number of nitrogens with zero attached hydrogens (tertiary/aromatic N) is 5. The fourth-order valence-corrected chi connectivity index (χ4v) is 4.29. The fourth-order valence-electron chi connectivity index (χ4n) is 4.29. The van der Waals surface area contributed by atoms with E-state index in [0.717, 1.165) is 30.7 Å². The standard InChI is InChI=1S/C23H25N5O3/c1-16-14-28-19-20(24-22(28)27(16)15-18-11-7-13-31-18)25(2)23(30)26(21(19)29)12-6-10-17-8-4-3-5-9-17/h3-6,8-10,14,18H,7,11-13,15H2,1-2H3/b10-6+/t18-/m0/s1. The third kappa shape index (κ3) is 3.33. The minimum Gasteiger partial charge on any atom is -0.376 e. The van der Waals surface area contributed by atoms with E-state index in [1.807, 2.05) is 55.6 Å². The van der Waals surface area contributed by atoms with Crippen LogP contribution in [0.25, 0.3) is 23.0 Å². The number of aryl methyl sites for hydroxylation is 2. The summed E-state index contributed by atoms with van der Waals surface area (Å²) in [7, 11) is 1.66. The molecule has 1 atom stereocenters. The van der Waals surface area contributed by atoms with Crippen molar-refractivity contribution in [2.24, 2.45) is 7.05 Å². The number of hydrogen-bond donors (Lipinski definition) is 0. The van der Waals surface area contributed by atoms with Gasteiger partial charge in [0, 0.05) is 32.1 Å². The van der Waals surface area contributed by atoms with E-state index in [1.54, 1.807) is 11.4 Å². The van der Waals surface area contributed by atoms with E-state index in [2.05, 4.69) is 9.55 Å². The molecule has 0 aliphatic carbocycles. The Balaban J connectivity index is 1.60. The molecule has 160 valence electrons. The fraction of sp³-hybridized carbons (Fsp3) is 0.348. The van der Waals surface area contributed by atoms with Gasteiger partial charge in [-0.1, -0.05) is 42.5 Å². The van der Waals surface area contributed by atoms with Crippen LogP contribution < -0.4 is 11.2 Å². The lowest BCUT2D eigenvalue weighted by Crippen LogP contribution is -2.39. The van der Waals surface area contributed by atoms with Crippen LogP contribution in [0.4, 0.5) is 0 Å². The van der Waals surface area contributed by atoms with Gasteiger partial charge in [0.05, 0.1) is 12.6 Å². The van der Waals surface area contributed by atoms with E-state index in [-0.39, 0.29) is 23.9 Å². The van der Waals surface area contributed by atoms with Crippen molar-refractivity contribution in [3.8, 4) is 0 Å². The summed E-state index contributed by atoms with van der Waals surface area (Å²) in [4.78, 5) is 30.9.